The Morgan fingerprint density at radius 3 is 2.58 bits per heavy atom. The monoisotopic (exact) mass is 342 g/mol. The Bertz CT molecular complexity index is 538. The number of hydrogen-bond acceptors (Lipinski definition) is 5. The van der Waals surface area contributed by atoms with Crippen LogP contribution in [-0.4, -0.2) is 75.5 Å². The number of nitrogens with one attached hydrogen (secondary N) is 1. The molecular formula is C15H24F2N6O. The normalized spacial score (nSPS) is 21.8. The number of carbonyl (C=O) groups excluding carboxylic acids is 1. The second kappa shape index (κ2) is 7.08. The number of rotatable bonds is 5. The van der Waals surface area contributed by atoms with Crippen LogP contribution in [0.4, 0.5) is 8.78 Å². The number of halogens is 2. The molecule has 2 fully saturated rings. The van der Waals surface area contributed by atoms with Gasteiger partial charge in [0.15, 0.2) is 5.82 Å². The highest BCUT2D eigenvalue weighted by Crippen LogP contribution is 2.41. The van der Waals surface area contributed by atoms with Crippen LogP contribution in [0.25, 0.3) is 0 Å². The maximum absolute atomic E-state index is 13.1. The van der Waals surface area contributed by atoms with E-state index in [1.165, 1.54) is 0 Å². The first-order valence-corrected chi connectivity index (χ1v) is 8.54. The third kappa shape index (κ3) is 3.26. The Kier molecular flexibility index (Phi) is 5.07. The summed E-state index contributed by atoms with van der Waals surface area (Å²) in [6.45, 7) is 0.971. The molecule has 1 aliphatic heterocycles. The Morgan fingerprint density at radius 1 is 1.38 bits per heavy atom. The van der Waals surface area contributed by atoms with Crippen molar-refractivity contribution in [1.82, 2.24) is 30.4 Å². The molecular weight excluding hydrogens is 318 g/mol. The predicted molar refractivity (Wildman–Crippen MR) is 82.6 cm³/mol. The van der Waals surface area contributed by atoms with Crippen molar-refractivity contribution in [1.29, 1.82) is 0 Å². The highest BCUT2D eigenvalue weighted by atomic mass is 19.3. The number of H-pyrrole nitrogens is 1. The van der Waals surface area contributed by atoms with Crippen molar-refractivity contribution < 1.29 is 13.6 Å². The number of nitrogens with zero attached hydrogens (tertiary/aromatic N) is 5. The summed E-state index contributed by atoms with van der Waals surface area (Å²) >= 11 is 0. The number of aromatic nitrogens is 4. The van der Waals surface area contributed by atoms with Crippen molar-refractivity contribution in [2.45, 2.75) is 56.4 Å². The second-order valence-electron chi connectivity index (χ2n) is 6.88. The topological polar surface area (TPSA) is 78.0 Å². The Balaban J connectivity index is 1.64. The van der Waals surface area contributed by atoms with E-state index < -0.39 is 11.8 Å². The molecule has 1 aromatic heterocycles. The largest absolute Gasteiger partial charge is 0.342 e. The maximum Gasteiger partial charge on any atom is 0.251 e. The highest BCUT2D eigenvalue weighted by Gasteiger charge is 2.48. The number of likely N-dealkylation sites (tertiary alicyclic amines) is 1. The number of aromatic amines is 1. The van der Waals surface area contributed by atoms with E-state index in [-0.39, 0.29) is 18.5 Å². The van der Waals surface area contributed by atoms with Crippen LogP contribution in [0.1, 0.15) is 44.3 Å². The molecule has 1 amide bonds. The summed E-state index contributed by atoms with van der Waals surface area (Å²) in [4.78, 5) is 16.7. The summed E-state index contributed by atoms with van der Waals surface area (Å²) in [7, 11) is 1.73. The Labute approximate surface area is 139 Å². The van der Waals surface area contributed by atoms with Gasteiger partial charge in [0.2, 0.25) is 5.91 Å². The first-order valence-electron chi connectivity index (χ1n) is 8.54. The van der Waals surface area contributed by atoms with Gasteiger partial charge in [-0.05, 0) is 32.7 Å². The van der Waals surface area contributed by atoms with Crippen LogP contribution >= 0.6 is 0 Å². The molecule has 0 aromatic carbocycles. The lowest BCUT2D eigenvalue weighted by molar-refractivity contribution is -0.139. The molecule has 0 unspecified atom stereocenters. The third-order valence-corrected chi connectivity index (χ3v) is 5.44. The van der Waals surface area contributed by atoms with Crippen molar-refractivity contribution in [3.8, 4) is 0 Å². The van der Waals surface area contributed by atoms with E-state index >= 15 is 0 Å². The number of amides is 1. The van der Waals surface area contributed by atoms with Crippen molar-refractivity contribution in [3.05, 3.63) is 5.82 Å². The Morgan fingerprint density at radius 2 is 2.04 bits per heavy atom. The molecule has 0 atom stereocenters. The molecule has 2 heterocycles. The van der Waals surface area contributed by atoms with Gasteiger partial charge < -0.3 is 4.90 Å². The van der Waals surface area contributed by atoms with Crippen LogP contribution in [0.3, 0.4) is 0 Å². The van der Waals surface area contributed by atoms with Gasteiger partial charge in [-0.15, -0.1) is 10.2 Å². The van der Waals surface area contributed by atoms with Gasteiger partial charge in [0, 0.05) is 19.1 Å². The minimum absolute atomic E-state index is 0.0661. The number of hydrogen-bond donors (Lipinski definition) is 1. The summed E-state index contributed by atoms with van der Waals surface area (Å²) in [6.07, 6.45) is 2.57. The first kappa shape index (κ1) is 17.2. The average molecular weight is 342 g/mol. The lowest BCUT2D eigenvalue weighted by Crippen LogP contribution is -2.52. The predicted octanol–water partition coefficient (Wildman–Crippen LogP) is 1.20. The van der Waals surface area contributed by atoms with E-state index in [2.05, 4.69) is 20.6 Å². The van der Waals surface area contributed by atoms with E-state index in [4.69, 9.17) is 0 Å². The number of piperidine rings is 1. The fourth-order valence-corrected chi connectivity index (χ4v) is 4.06. The summed E-state index contributed by atoms with van der Waals surface area (Å²) < 4.78 is 25.1. The number of tetrazole rings is 1. The smallest absolute Gasteiger partial charge is 0.251 e. The quantitative estimate of drug-likeness (QED) is 0.870. The molecule has 1 aromatic rings. The van der Waals surface area contributed by atoms with Crippen molar-refractivity contribution in [2.24, 2.45) is 0 Å². The minimum Gasteiger partial charge on any atom is -0.342 e. The molecule has 134 valence electrons. The number of carbonyl (C=O) groups is 1. The lowest BCUT2D eigenvalue weighted by atomic mass is 9.83. The van der Waals surface area contributed by atoms with E-state index in [1.807, 2.05) is 4.90 Å². The first-order chi connectivity index (χ1) is 11.5. The minimum atomic E-state index is -2.32. The van der Waals surface area contributed by atoms with Crippen LogP contribution in [-0.2, 0) is 10.2 Å². The molecule has 1 saturated heterocycles. The molecule has 2 aliphatic rings. The number of alkyl halides is 2. The summed E-state index contributed by atoms with van der Waals surface area (Å²) in [5.74, 6) is 0.554. The summed E-state index contributed by atoms with van der Waals surface area (Å²) in [5, 5.41) is 14.2. The van der Waals surface area contributed by atoms with Crippen LogP contribution < -0.4 is 0 Å². The average Bonchev–Trinajstić information content (AvgIpc) is 3.25. The molecule has 24 heavy (non-hydrogen) atoms. The van der Waals surface area contributed by atoms with Crippen LogP contribution in [0, 0.1) is 0 Å². The molecule has 1 N–H and O–H groups in total. The van der Waals surface area contributed by atoms with Crippen molar-refractivity contribution in [3.63, 3.8) is 0 Å². The van der Waals surface area contributed by atoms with Gasteiger partial charge in [-0.2, -0.15) is 5.21 Å². The summed E-state index contributed by atoms with van der Waals surface area (Å²) in [5.41, 5.74) is -0.658. The molecule has 9 heteroatoms. The van der Waals surface area contributed by atoms with Gasteiger partial charge in [0.1, 0.15) is 5.41 Å². The van der Waals surface area contributed by atoms with Gasteiger partial charge in [0.05, 0.1) is 6.54 Å². The van der Waals surface area contributed by atoms with Gasteiger partial charge in [0.25, 0.3) is 6.43 Å². The SMILES string of the molecule is CN(CC(F)F)C1CCN(C(=O)C2(c3nn[nH]n3)CCCC2)CC1. The third-order valence-electron chi connectivity index (χ3n) is 5.44. The zero-order chi connectivity index (χ0) is 17.2. The molecule has 0 bridgehead atoms. The highest BCUT2D eigenvalue weighted by molar-refractivity contribution is 5.87. The van der Waals surface area contributed by atoms with Gasteiger partial charge in [-0.3, -0.25) is 9.69 Å². The zero-order valence-electron chi connectivity index (χ0n) is 13.9. The van der Waals surface area contributed by atoms with Crippen molar-refractivity contribution >= 4 is 5.91 Å². The molecule has 3 rings (SSSR count). The zero-order valence-corrected chi connectivity index (χ0v) is 13.9. The fourth-order valence-electron chi connectivity index (χ4n) is 4.06. The maximum atomic E-state index is 13.1. The molecule has 0 radical (unpaired) electrons. The molecule has 0 spiro atoms. The van der Waals surface area contributed by atoms with Crippen LogP contribution in [0.2, 0.25) is 0 Å². The van der Waals surface area contributed by atoms with Crippen LogP contribution in [0.15, 0.2) is 0 Å². The lowest BCUT2D eigenvalue weighted by Gasteiger charge is -2.39. The standard InChI is InChI=1S/C15H24F2N6O/c1-22(10-12(16)17)11-4-8-23(9-5-11)14(24)15(6-2-3-7-15)13-18-20-21-19-13/h11-12H,2-10H2,1H3,(H,18,19,20,21). The van der Waals surface area contributed by atoms with E-state index in [0.29, 0.717) is 18.9 Å². The van der Waals surface area contributed by atoms with Crippen LogP contribution in [0.5, 0.6) is 0 Å². The van der Waals surface area contributed by atoms with Gasteiger partial charge in [-0.1, -0.05) is 18.1 Å². The summed E-state index contributed by atoms with van der Waals surface area (Å²) in [6, 6.07) is 0.104. The van der Waals surface area contributed by atoms with E-state index in [9.17, 15) is 13.6 Å². The fraction of sp³-hybridized carbons (Fsp3) is 0.867. The van der Waals surface area contributed by atoms with Gasteiger partial charge >= 0.3 is 0 Å². The Hall–Kier alpha value is -1.64. The van der Waals surface area contributed by atoms with E-state index in [0.717, 1.165) is 38.5 Å². The van der Waals surface area contributed by atoms with Crippen molar-refractivity contribution in [2.75, 3.05) is 26.7 Å². The molecule has 1 aliphatic carbocycles. The molecule has 1 saturated carbocycles. The van der Waals surface area contributed by atoms with E-state index in [1.54, 1.807) is 11.9 Å². The van der Waals surface area contributed by atoms with Gasteiger partial charge in [-0.25, -0.2) is 8.78 Å². The second-order valence-corrected chi connectivity index (χ2v) is 6.88. The molecule has 7 nitrogen and oxygen atoms in total.